The third-order valence-corrected chi connectivity index (χ3v) is 3.42. The Morgan fingerprint density at radius 2 is 2.38 bits per heavy atom. The zero-order chi connectivity index (χ0) is 12.0. The van der Waals surface area contributed by atoms with Gasteiger partial charge in [-0.25, -0.2) is 10.8 Å². The largest absolute Gasteiger partial charge is 0.346 e. The molecule has 0 aromatic carbocycles. The number of hydrogen-bond donors (Lipinski definition) is 3. The van der Waals surface area contributed by atoms with Gasteiger partial charge in [-0.2, -0.15) is 0 Å². The molecule has 1 aromatic rings. The maximum atomic E-state index is 5.36. The molecule has 1 heterocycles. The van der Waals surface area contributed by atoms with Crippen molar-refractivity contribution in [2.24, 2.45) is 10.8 Å². The molecule has 4 N–H and O–H groups in total. The molecule has 0 aliphatic heterocycles. The number of guanidine groups is 1. The predicted octanol–water partition coefficient (Wildman–Crippen LogP) is 1.20. The van der Waals surface area contributed by atoms with Crippen LogP contribution in [0.3, 0.4) is 0 Å². The third-order valence-electron chi connectivity index (χ3n) is 2.10. The van der Waals surface area contributed by atoms with Crippen molar-refractivity contribution in [3.8, 4) is 0 Å². The molecule has 16 heavy (non-hydrogen) atoms. The first-order chi connectivity index (χ1) is 7.71. The summed E-state index contributed by atoms with van der Waals surface area (Å²) in [7, 11) is 0. The Morgan fingerprint density at radius 3 is 2.88 bits per heavy atom. The van der Waals surface area contributed by atoms with E-state index in [1.54, 1.807) is 11.3 Å². The van der Waals surface area contributed by atoms with Crippen LogP contribution < -0.4 is 16.6 Å². The van der Waals surface area contributed by atoms with Crippen molar-refractivity contribution in [1.29, 1.82) is 0 Å². The van der Waals surface area contributed by atoms with Gasteiger partial charge in [0.2, 0.25) is 5.96 Å². The molecule has 0 saturated carbocycles. The Labute approximate surface area is 100 Å². The average Bonchev–Trinajstić information content (AvgIpc) is 2.76. The molecule has 1 atom stereocenters. The normalized spacial score (nSPS) is 13.6. The number of aromatic nitrogens is 1. The predicted molar refractivity (Wildman–Crippen MR) is 68.3 cm³/mol. The number of thiazole rings is 1. The summed E-state index contributed by atoms with van der Waals surface area (Å²) in [5.41, 5.74) is 2.54. The van der Waals surface area contributed by atoms with Crippen LogP contribution in [0.15, 0.2) is 11.2 Å². The van der Waals surface area contributed by atoms with Crippen molar-refractivity contribution in [2.75, 3.05) is 6.54 Å². The molecular formula is C10H19N5S. The van der Waals surface area contributed by atoms with Crippen molar-refractivity contribution >= 4 is 17.3 Å². The second kappa shape index (κ2) is 6.44. The minimum atomic E-state index is 0.117. The lowest BCUT2D eigenvalue weighted by molar-refractivity contribution is 0.684. The van der Waals surface area contributed by atoms with Crippen molar-refractivity contribution in [3.05, 3.63) is 16.1 Å². The maximum Gasteiger partial charge on any atom is 0.206 e. The topological polar surface area (TPSA) is 75.3 Å². The van der Waals surface area contributed by atoms with Gasteiger partial charge in [0.05, 0.1) is 6.04 Å². The SMILES string of the molecule is CCN=C(NN)NC(C)c1ncc(CC)s1. The van der Waals surface area contributed by atoms with Gasteiger partial charge >= 0.3 is 0 Å². The van der Waals surface area contributed by atoms with E-state index in [0.717, 1.165) is 11.4 Å². The van der Waals surface area contributed by atoms with Crippen LogP contribution in [0, 0.1) is 0 Å². The first-order valence-corrected chi connectivity index (χ1v) is 6.25. The summed E-state index contributed by atoms with van der Waals surface area (Å²) >= 11 is 1.71. The number of nitrogens with two attached hydrogens (primary N) is 1. The van der Waals surface area contributed by atoms with Gasteiger partial charge in [-0.1, -0.05) is 6.92 Å². The van der Waals surface area contributed by atoms with Gasteiger partial charge in [0.25, 0.3) is 0 Å². The van der Waals surface area contributed by atoms with E-state index < -0.39 is 0 Å². The fourth-order valence-corrected chi connectivity index (χ4v) is 2.10. The first kappa shape index (κ1) is 12.9. The highest BCUT2D eigenvalue weighted by atomic mass is 32.1. The first-order valence-electron chi connectivity index (χ1n) is 5.43. The quantitative estimate of drug-likeness (QED) is 0.320. The molecule has 0 aliphatic carbocycles. The van der Waals surface area contributed by atoms with Crippen LogP contribution in [0.2, 0.25) is 0 Å². The van der Waals surface area contributed by atoms with Gasteiger partial charge in [0.1, 0.15) is 5.01 Å². The molecule has 1 aromatic heterocycles. The fourth-order valence-electron chi connectivity index (χ4n) is 1.24. The second-order valence-corrected chi connectivity index (χ2v) is 4.50. The summed E-state index contributed by atoms with van der Waals surface area (Å²) in [5, 5.41) is 4.23. The summed E-state index contributed by atoms with van der Waals surface area (Å²) in [6, 6.07) is 0.117. The molecular weight excluding hydrogens is 222 g/mol. The Hall–Kier alpha value is -1.14. The van der Waals surface area contributed by atoms with E-state index in [1.165, 1.54) is 4.88 Å². The van der Waals surface area contributed by atoms with E-state index >= 15 is 0 Å². The van der Waals surface area contributed by atoms with E-state index in [0.29, 0.717) is 12.5 Å². The van der Waals surface area contributed by atoms with E-state index in [4.69, 9.17) is 5.84 Å². The Kier molecular flexibility index (Phi) is 5.21. The van der Waals surface area contributed by atoms with Crippen LogP contribution in [-0.2, 0) is 6.42 Å². The van der Waals surface area contributed by atoms with Crippen molar-refractivity contribution in [1.82, 2.24) is 15.7 Å². The molecule has 0 aliphatic rings. The highest BCUT2D eigenvalue weighted by molar-refractivity contribution is 7.11. The molecule has 1 rings (SSSR count). The minimum absolute atomic E-state index is 0.117. The number of hydrogen-bond acceptors (Lipinski definition) is 4. The van der Waals surface area contributed by atoms with Gasteiger partial charge in [-0.15, -0.1) is 11.3 Å². The Morgan fingerprint density at radius 1 is 1.62 bits per heavy atom. The number of nitrogens with one attached hydrogen (secondary N) is 2. The van der Waals surface area contributed by atoms with Crippen LogP contribution in [0.5, 0.6) is 0 Å². The number of rotatable bonds is 4. The van der Waals surface area contributed by atoms with E-state index in [2.05, 4.69) is 27.6 Å². The van der Waals surface area contributed by atoms with Gasteiger partial charge in [-0.3, -0.25) is 10.4 Å². The van der Waals surface area contributed by atoms with Gasteiger partial charge in [0.15, 0.2) is 0 Å². The highest BCUT2D eigenvalue weighted by Crippen LogP contribution is 2.19. The van der Waals surface area contributed by atoms with Gasteiger partial charge in [0, 0.05) is 17.6 Å². The highest BCUT2D eigenvalue weighted by Gasteiger charge is 2.11. The van der Waals surface area contributed by atoms with E-state index in [-0.39, 0.29) is 6.04 Å². The fraction of sp³-hybridized carbons (Fsp3) is 0.600. The van der Waals surface area contributed by atoms with Crippen molar-refractivity contribution in [3.63, 3.8) is 0 Å². The summed E-state index contributed by atoms with van der Waals surface area (Å²) in [4.78, 5) is 9.84. The summed E-state index contributed by atoms with van der Waals surface area (Å²) < 4.78 is 0. The van der Waals surface area contributed by atoms with Crippen LogP contribution in [-0.4, -0.2) is 17.5 Å². The van der Waals surface area contributed by atoms with Crippen molar-refractivity contribution in [2.45, 2.75) is 33.2 Å². The zero-order valence-electron chi connectivity index (χ0n) is 9.95. The van der Waals surface area contributed by atoms with Crippen LogP contribution in [0.4, 0.5) is 0 Å². The summed E-state index contributed by atoms with van der Waals surface area (Å²) in [6.07, 6.45) is 2.94. The molecule has 5 nitrogen and oxygen atoms in total. The molecule has 1 unspecified atom stereocenters. The molecule has 6 heteroatoms. The molecule has 0 fully saturated rings. The standard InChI is InChI=1S/C10H19N5S/c1-4-8-6-13-9(16-8)7(3)14-10(15-11)12-5-2/h6-7H,4-5,11H2,1-3H3,(H2,12,14,15). The lowest BCUT2D eigenvalue weighted by Crippen LogP contribution is -2.42. The van der Waals surface area contributed by atoms with E-state index in [9.17, 15) is 0 Å². The lowest BCUT2D eigenvalue weighted by Gasteiger charge is -2.13. The maximum absolute atomic E-state index is 5.36. The van der Waals surface area contributed by atoms with Crippen LogP contribution >= 0.6 is 11.3 Å². The number of hydrazine groups is 1. The van der Waals surface area contributed by atoms with Crippen molar-refractivity contribution < 1.29 is 0 Å². The molecule has 0 saturated heterocycles. The minimum Gasteiger partial charge on any atom is -0.346 e. The van der Waals surface area contributed by atoms with Crippen LogP contribution in [0.1, 0.15) is 36.7 Å². The molecule has 0 spiro atoms. The average molecular weight is 241 g/mol. The summed E-state index contributed by atoms with van der Waals surface area (Å²) in [5.74, 6) is 5.96. The monoisotopic (exact) mass is 241 g/mol. The number of aliphatic imine (C=N–C) groups is 1. The number of aryl methyl sites for hydroxylation is 1. The van der Waals surface area contributed by atoms with Gasteiger partial charge < -0.3 is 5.32 Å². The van der Waals surface area contributed by atoms with Gasteiger partial charge in [-0.05, 0) is 20.3 Å². The smallest absolute Gasteiger partial charge is 0.206 e. The van der Waals surface area contributed by atoms with E-state index in [1.807, 2.05) is 20.0 Å². The zero-order valence-corrected chi connectivity index (χ0v) is 10.8. The molecule has 0 amide bonds. The molecule has 0 radical (unpaired) electrons. The Balaban J connectivity index is 2.63. The van der Waals surface area contributed by atoms with Crippen LogP contribution in [0.25, 0.3) is 0 Å². The summed E-state index contributed by atoms with van der Waals surface area (Å²) in [6.45, 7) is 6.82. The second-order valence-electron chi connectivity index (χ2n) is 3.35. The number of nitrogens with zero attached hydrogens (tertiary/aromatic N) is 2. The third kappa shape index (κ3) is 3.46. The Bertz CT molecular complexity index is 347. The lowest BCUT2D eigenvalue weighted by atomic mass is 10.3. The molecule has 0 bridgehead atoms. The molecule has 90 valence electrons.